The zero-order valence-electron chi connectivity index (χ0n) is 9.75. The van der Waals surface area contributed by atoms with E-state index in [0.29, 0.717) is 16.7 Å². The van der Waals surface area contributed by atoms with E-state index in [1.54, 1.807) is 12.1 Å². The number of halogens is 3. The summed E-state index contributed by atoms with van der Waals surface area (Å²) in [6.07, 6.45) is 0. The Morgan fingerprint density at radius 3 is 2.53 bits per heavy atom. The van der Waals surface area contributed by atoms with Crippen molar-refractivity contribution in [2.75, 3.05) is 5.32 Å². The van der Waals surface area contributed by atoms with Gasteiger partial charge in [-0.3, -0.25) is 0 Å². The molecule has 0 fully saturated rings. The third-order valence-corrected chi connectivity index (χ3v) is 3.17. The fourth-order valence-electron chi connectivity index (χ4n) is 1.57. The van der Waals surface area contributed by atoms with E-state index in [9.17, 15) is 8.78 Å². The third-order valence-electron chi connectivity index (χ3n) is 2.57. The minimum atomic E-state index is -0.486. The lowest BCUT2D eigenvalue weighted by atomic mass is 10.2. The SMILES string of the molecule is N#Cc1ccc(NCc2ccc(F)c(Br)c2)c(F)c1. The molecule has 0 unspecified atom stereocenters. The molecule has 19 heavy (non-hydrogen) atoms. The summed E-state index contributed by atoms with van der Waals surface area (Å²) in [6.45, 7) is 0.363. The molecule has 2 nitrogen and oxygen atoms in total. The van der Waals surface area contributed by atoms with Crippen molar-refractivity contribution in [3.63, 3.8) is 0 Å². The van der Waals surface area contributed by atoms with Crippen molar-refractivity contribution in [3.8, 4) is 6.07 Å². The Bertz CT molecular complexity index is 650. The zero-order chi connectivity index (χ0) is 13.8. The van der Waals surface area contributed by atoms with Crippen molar-refractivity contribution >= 4 is 21.6 Å². The third kappa shape index (κ3) is 3.30. The summed E-state index contributed by atoms with van der Waals surface area (Å²) in [7, 11) is 0. The maximum absolute atomic E-state index is 13.6. The zero-order valence-corrected chi connectivity index (χ0v) is 11.3. The van der Waals surface area contributed by atoms with Crippen LogP contribution < -0.4 is 5.32 Å². The van der Waals surface area contributed by atoms with Gasteiger partial charge in [-0.15, -0.1) is 0 Å². The largest absolute Gasteiger partial charge is 0.379 e. The molecule has 1 N–H and O–H groups in total. The minimum absolute atomic E-state index is 0.271. The molecule has 0 aliphatic heterocycles. The summed E-state index contributed by atoms with van der Waals surface area (Å²) in [6, 6.07) is 10.7. The van der Waals surface area contributed by atoms with Gasteiger partial charge in [-0.2, -0.15) is 5.26 Å². The molecule has 0 aliphatic carbocycles. The predicted octanol–water partition coefficient (Wildman–Crippen LogP) is 4.21. The second-order valence-corrected chi connectivity index (χ2v) is 4.76. The van der Waals surface area contributed by atoms with Gasteiger partial charge in [0.05, 0.1) is 21.8 Å². The van der Waals surface area contributed by atoms with E-state index in [1.165, 1.54) is 24.3 Å². The van der Waals surface area contributed by atoms with Crippen LogP contribution in [-0.2, 0) is 6.54 Å². The van der Waals surface area contributed by atoms with Crippen LogP contribution in [0.5, 0.6) is 0 Å². The first-order valence-electron chi connectivity index (χ1n) is 5.47. The van der Waals surface area contributed by atoms with Crippen molar-refractivity contribution in [3.05, 3.63) is 63.6 Å². The van der Waals surface area contributed by atoms with Crippen molar-refractivity contribution in [1.82, 2.24) is 0 Å². The number of nitrogens with one attached hydrogen (secondary N) is 1. The molecular weight excluding hydrogens is 314 g/mol. The summed E-state index contributed by atoms with van der Waals surface area (Å²) in [4.78, 5) is 0. The number of nitriles is 1. The lowest BCUT2D eigenvalue weighted by Gasteiger charge is -2.08. The Morgan fingerprint density at radius 2 is 1.89 bits per heavy atom. The van der Waals surface area contributed by atoms with Gasteiger partial charge < -0.3 is 5.32 Å². The molecule has 0 atom stereocenters. The summed E-state index contributed by atoms with van der Waals surface area (Å²) < 4.78 is 27.0. The van der Waals surface area contributed by atoms with E-state index in [-0.39, 0.29) is 11.4 Å². The molecule has 0 radical (unpaired) electrons. The van der Waals surface area contributed by atoms with E-state index >= 15 is 0 Å². The first-order chi connectivity index (χ1) is 9.10. The van der Waals surface area contributed by atoms with Crippen LogP contribution in [-0.4, -0.2) is 0 Å². The quantitative estimate of drug-likeness (QED) is 0.918. The van der Waals surface area contributed by atoms with E-state index in [4.69, 9.17) is 5.26 Å². The first-order valence-corrected chi connectivity index (χ1v) is 6.27. The van der Waals surface area contributed by atoms with Crippen LogP contribution in [0.1, 0.15) is 11.1 Å². The summed E-state index contributed by atoms with van der Waals surface area (Å²) >= 11 is 3.09. The molecule has 2 aromatic rings. The summed E-state index contributed by atoms with van der Waals surface area (Å²) in [5.74, 6) is -0.825. The number of hydrogen-bond donors (Lipinski definition) is 1. The number of rotatable bonds is 3. The van der Waals surface area contributed by atoms with Crippen LogP contribution in [0.25, 0.3) is 0 Å². The van der Waals surface area contributed by atoms with Crippen LogP contribution in [0.15, 0.2) is 40.9 Å². The highest BCUT2D eigenvalue weighted by atomic mass is 79.9. The fourth-order valence-corrected chi connectivity index (χ4v) is 2.00. The normalized spacial score (nSPS) is 10.0. The van der Waals surface area contributed by atoms with Crippen LogP contribution in [0.3, 0.4) is 0 Å². The van der Waals surface area contributed by atoms with Gasteiger partial charge in [0, 0.05) is 6.54 Å². The molecule has 96 valence electrons. The van der Waals surface area contributed by atoms with E-state index in [2.05, 4.69) is 21.2 Å². The second kappa shape index (κ2) is 5.81. The highest BCUT2D eigenvalue weighted by Gasteiger charge is 2.04. The van der Waals surface area contributed by atoms with E-state index < -0.39 is 5.82 Å². The molecule has 0 heterocycles. The van der Waals surface area contributed by atoms with Crippen molar-refractivity contribution in [1.29, 1.82) is 5.26 Å². The Kier molecular flexibility index (Phi) is 4.13. The van der Waals surface area contributed by atoms with Gasteiger partial charge in [0.2, 0.25) is 0 Å². The molecule has 0 aromatic heterocycles. The van der Waals surface area contributed by atoms with E-state index in [1.807, 2.05) is 6.07 Å². The fraction of sp³-hybridized carbons (Fsp3) is 0.0714. The van der Waals surface area contributed by atoms with Gasteiger partial charge in [-0.1, -0.05) is 6.07 Å². The predicted molar refractivity (Wildman–Crippen MR) is 72.5 cm³/mol. The standard InChI is InChI=1S/C14H9BrF2N2/c15-11-5-10(1-3-12(11)16)8-19-14-4-2-9(7-18)6-13(14)17/h1-6,19H,8H2. The van der Waals surface area contributed by atoms with Crippen LogP contribution in [0.4, 0.5) is 14.5 Å². The second-order valence-electron chi connectivity index (χ2n) is 3.91. The van der Waals surface area contributed by atoms with Crippen LogP contribution in [0.2, 0.25) is 0 Å². The highest BCUT2D eigenvalue weighted by Crippen LogP contribution is 2.19. The van der Waals surface area contributed by atoms with Crippen LogP contribution in [0, 0.1) is 23.0 Å². The molecule has 0 saturated carbocycles. The van der Waals surface area contributed by atoms with Gasteiger partial charge >= 0.3 is 0 Å². The summed E-state index contributed by atoms with van der Waals surface area (Å²) in [5, 5.41) is 11.5. The maximum atomic E-state index is 13.6. The van der Waals surface area contributed by atoms with Crippen molar-refractivity contribution in [2.45, 2.75) is 6.54 Å². The van der Waals surface area contributed by atoms with Crippen LogP contribution >= 0.6 is 15.9 Å². The lowest BCUT2D eigenvalue weighted by Crippen LogP contribution is -2.02. The number of hydrogen-bond acceptors (Lipinski definition) is 2. The average molecular weight is 323 g/mol. The molecule has 0 spiro atoms. The maximum Gasteiger partial charge on any atom is 0.147 e. The molecule has 5 heteroatoms. The monoisotopic (exact) mass is 322 g/mol. The van der Waals surface area contributed by atoms with Gasteiger partial charge in [-0.25, -0.2) is 8.78 Å². The van der Waals surface area contributed by atoms with Gasteiger partial charge in [0.15, 0.2) is 0 Å². The summed E-state index contributed by atoms with van der Waals surface area (Å²) in [5.41, 5.74) is 1.39. The molecule has 2 rings (SSSR count). The topological polar surface area (TPSA) is 35.8 Å². The Balaban J connectivity index is 2.10. The molecular formula is C14H9BrF2N2. The van der Waals surface area contributed by atoms with E-state index in [0.717, 1.165) is 5.56 Å². The van der Waals surface area contributed by atoms with Gasteiger partial charge in [-0.05, 0) is 51.8 Å². The Labute approximate surface area is 117 Å². The number of nitrogens with zero attached hydrogens (tertiary/aromatic N) is 1. The number of benzene rings is 2. The Hall–Kier alpha value is -1.93. The van der Waals surface area contributed by atoms with Gasteiger partial charge in [0.1, 0.15) is 11.6 Å². The average Bonchev–Trinajstić information content (AvgIpc) is 2.41. The molecule has 0 amide bonds. The highest BCUT2D eigenvalue weighted by molar-refractivity contribution is 9.10. The molecule has 0 aliphatic rings. The lowest BCUT2D eigenvalue weighted by molar-refractivity contribution is 0.620. The molecule has 2 aromatic carbocycles. The number of anilines is 1. The van der Waals surface area contributed by atoms with Crippen molar-refractivity contribution in [2.24, 2.45) is 0 Å². The molecule has 0 bridgehead atoms. The first kappa shape index (κ1) is 13.5. The molecule has 0 saturated heterocycles. The van der Waals surface area contributed by atoms with Crippen molar-refractivity contribution < 1.29 is 8.78 Å². The Morgan fingerprint density at radius 1 is 1.11 bits per heavy atom. The minimum Gasteiger partial charge on any atom is -0.379 e. The van der Waals surface area contributed by atoms with Gasteiger partial charge in [0.25, 0.3) is 0 Å². The smallest absolute Gasteiger partial charge is 0.147 e.